The fraction of sp³-hybridized carbons (Fsp3) is 0.900. The number of piperazine rings is 1. The topological polar surface area (TPSA) is 32.3 Å². The molecule has 1 saturated heterocycles. The molecule has 3 nitrogen and oxygen atoms in total. The van der Waals surface area contributed by atoms with Crippen molar-refractivity contribution < 1.29 is 4.79 Å². The summed E-state index contributed by atoms with van der Waals surface area (Å²) in [6.07, 6.45) is 6.28. The van der Waals surface area contributed by atoms with Crippen LogP contribution < -0.4 is 5.32 Å². The molecule has 1 aliphatic heterocycles. The van der Waals surface area contributed by atoms with E-state index in [0.29, 0.717) is 18.6 Å². The molecular weight excluding hydrogens is 164 g/mol. The lowest BCUT2D eigenvalue weighted by molar-refractivity contribution is -0.110. The van der Waals surface area contributed by atoms with Crippen LogP contribution >= 0.6 is 0 Å². The van der Waals surface area contributed by atoms with Crippen LogP contribution in [0.3, 0.4) is 0 Å². The Kier molecular flexibility index (Phi) is 2.96. The Morgan fingerprint density at radius 3 is 3.08 bits per heavy atom. The van der Waals surface area contributed by atoms with E-state index in [4.69, 9.17) is 0 Å². The molecule has 1 aliphatic carbocycles. The third-order valence-corrected chi connectivity index (χ3v) is 3.31. The van der Waals surface area contributed by atoms with Crippen LogP contribution in [-0.2, 0) is 4.79 Å². The van der Waals surface area contributed by atoms with Crippen LogP contribution in [0.5, 0.6) is 0 Å². The van der Waals surface area contributed by atoms with Crippen LogP contribution in [0.25, 0.3) is 0 Å². The molecule has 1 saturated carbocycles. The Morgan fingerprint density at radius 2 is 2.23 bits per heavy atom. The van der Waals surface area contributed by atoms with Gasteiger partial charge in [-0.25, -0.2) is 0 Å². The Hall–Kier alpha value is -0.410. The molecule has 1 N–H and O–H groups in total. The summed E-state index contributed by atoms with van der Waals surface area (Å²) in [7, 11) is 0. The van der Waals surface area contributed by atoms with Gasteiger partial charge in [0.15, 0.2) is 0 Å². The highest BCUT2D eigenvalue weighted by molar-refractivity contribution is 5.52. The number of fused-ring (bicyclic) bond motifs is 1. The first-order valence-electron chi connectivity index (χ1n) is 5.33. The summed E-state index contributed by atoms with van der Waals surface area (Å²) in [5.41, 5.74) is 0. The molecule has 2 rings (SSSR count). The highest BCUT2D eigenvalue weighted by Gasteiger charge is 2.32. The number of carbonyl (C=O) groups is 1. The number of aldehydes is 1. The molecule has 2 aliphatic rings. The van der Waals surface area contributed by atoms with Crippen LogP contribution in [0.15, 0.2) is 0 Å². The summed E-state index contributed by atoms with van der Waals surface area (Å²) in [5, 5.41) is 3.55. The first-order chi connectivity index (χ1) is 6.42. The van der Waals surface area contributed by atoms with Gasteiger partial charge in [-0.2, -0.15) is 0 Å². The van der Waals surface area contributed by atoms with Crippen LogP contribution in [-0.4, -0.2) is 42.9 Å². The van der Waals surface area contributed by atoms with Crippen molar-refractivity contribution in [2.24, 2.45) is 0 Å². The molecular formula is C10H18N2O. The molecule has 0 amide bonds. The van der Waals surface area contributed by atoms with Crippen molar-refractivity contribution in [1.82, 2.24) is 10.2 Å². The first kappa shape index (κ1) is 9.16. The van der Waals surface area contributed by atoms with Gasteiger partial charge in [0, 0.05) is 25.2 Å². The second-order valence-corrected chi connectivity index (χ2v) is 4.07. The van der Waals surface area contributed by atoms with E-state index in [1.807, 2.05) is 0 Å². The summed E-state index contributed by atoms with van der Waals surface area (Å²) in [6, 6.07) is 1.29. The standard InChI is InChI=1S/C10H18N2O/c13-8-7-12-6-5-11-9-3-1-2-4-10(9)12/h8-11H,1-7H2. The van der Waals surface area contributed by atoms with Crippen LogP contribution in [0.4, 0.5) is 0 Å². The zero-order valence-electron chi connectivity index (χ0n) is 8.04. The Morgan fingerprint density at radius 1 is 1.38 bits per heavy atom. The van der Waals surface area contributed by atoms with Gasteiger partial charge >= 0.3 is 0 Å². The fourth-order valence-electron chi connectivity index (χ4n) is 2.67. The molecule has 2 fully saturated rings. The van der Waals surface area contributed by atoms with Gasteiger partial charge in [0.05, 0.1) is 6.54 Å². The molecule has 74 valence electrons. The molecule has 13 heavy (non-hydrogen) atoms. The summed E-state index contributed by atoms with van der Waals surface area (Å²) < 4.78 is 0. The normalized spacial score (nSPS) is 35.4. The van der Waals surface area contributed by atoms with Crippen molar-refractivity contribution in [2.75, 3.05) is 19.6 Å². The van der Waals surface area contributed by atoms with Crippen molar-refractivity contribution in [1.29, 1.82) is 0 Å². The van der Waals surface area contributed by atoms with Gasteiger partial charge in [0.25, 0.3) is 0 Å². The largest absolute Gasteiger partial charge is 0.311 e. The van der Waals surface area contributed by atoms with E-state index >= 15 is 0 Å². The van der Waals surface area contributed by atoms with Gasteiger partial charge in [0.1, 0.15) is 6.29 Å². The van der Waals surface area contributed by atoms with E-state index in [-0.39, 0.29) is 0 Å². The maximum atomic E-state index is 10.5. The van der Waals surface area contributed by atoms with Gasteiger partial charge in [-0.3, -0.25) is 4.90 Å². The smallest absolute Gasteiger partial charge is 0.133 e. The van der Waals surface area contributed by atoms with Gasteiger partial charge < -0.3 is 10.1 Å². The summed E-state index contributed by atoms with van der Waals surface area (Å²) >= 11 is 0. The molecule has 0 aromatic heterocycles. The van der Waals surface area contributed by atoms with E-state index in [2.05, 4.69) is 10.2 Å². The van der Waals surface area contributed by atoms with E-state index in [1.165, 1.54) is 25.7 Å². The quantitative estimate of drug-likeness (QED) is 0.627. The minimum atomic E-state index is 0.628. The Bertz CT molecular complexity index is 182. The number of hydrogen-bond donors (Lipinski definition) is 1. The lowest BCUT2D eigenvalue weighted by Gasteiger charge is -2.43. The van der Waals surface area contributed by atoms with Crippen molar-refractivity contribution in [3.8, 4) is 0 Å². The van der Waals surface area contributed by atoms with Gasteiger partial charge in [-0.1, -0.05) is 12.8 Å². The third-order valence-electron chi connectivity index (χ3n) is 3.31. The number of nitrogens with one attached hydrogen (secondary N) is 1. The predicted molar refractivity (Wildman–Crippen MR) is 51.7 cm³/mol. The van der Waals surface area contributed by atoms with E-state index < -0.39 is 0 Å². The molecule has 1 heterocycles. The average Bonchev–Trinajstić information content (AvgIpc) is 2.19. The van der Waals surface area contributed by atoms with E-state index in [1.54, 1.807) is 0 Å². The molecule has 0 radical (unpaired) electrons. The van der Waals surface area contributed by atoms with Crippen molar-refractivity contribution in [3.05, 3.63) is 0 Å². The monoisotopic (exact) mass is 182 g/mol. The molecule has 2 unspecified atom stereocenters. The maximum absolute atomic E-state index is 10.5. The van der Waals surface area contributed by atoms with Crippen molar-refractivity contribution in [2.45, 2.75) is 37.8 Å². The predicted octanol–water partition coefficient (Wildman–Crippen LogP) is 0.402. The zero-order chi connectivity index (χ0) is 9.10. The number of carbonyl (C=O) groups excluding carboxylic acids is 1. The number of rotatable bonds is 2. The maximum Gasteiger partial charge on any atom is 0.133 e. The SMILES string of the molecule is O=CCN1CCNC2CCCCC21. The second-order valence-electron chi connectivity index (χ2n) is 4.07. The zero-order valence-corrected chi connectivity index (χ0v) is 8.04. The average molecular weight is 182 g/mol. The van der Waals surface area contributed by atoms with Crippen molar-refractivity contribution in [3.63, 3.8) is 0 Å². The van der Waals surface area contributed by atoms with Crippen LogP contribution in [0, 0.1) is 0 Å². The molecule has 0 bridgehead atoms. The summed E-state index contributed by atoms with van der Waals surface area (Å²) in [4.78, 5) is 12.8. The van der Waals surface area contributed by atoms with Gasteiger partial charge in [0.2, 0.25) is 0 Å². The van der Waals surface area contributed by atoms with E-state index in [9.17, 15) is 4.79 Å². The molecule has 3 heteroatoms. The Balaban J connectivity index is 1.98. The lowest BCUT2D eigenvalue weighted by Crippen LogP contribution is -2.59. The minimum absolute atomic E-state index is 0.628. The van der Waals surface area contributed by atoms with E-state index in [0.717, 1.165) is 19.4 Å². The summed E-state index contributed by atoms with van der Waals surface area (Å²) in [5.74, 6) is 0. The lowest BCUT2D eigenvalue weighted by atomic mass is 9.88. The molecule has 2 atom stereocenters. The van der Waals surface area contributed by atoms with Gasteiger partial charge in [-0.05, 0) is 12.8 Å². The van der Waals surface area contributed by atoms with Crippen molar-refractivity contribution >= 4 is 6.29 Å². The highest BCUT2D eigenvalue weighted by Crippen LogP contribution is 2.24. The number of nitrogens with zero attached hydrogens (tertiary/aromatic N) is 1. The highest BCUT2D eigenvalue weighted by atomic mass is 16.1. The van der Waals surface area contributed by atoms with Gasteiger partial charge in [-0.15, -0.1) is 0 Å². The number of hydrogen-bond acceptors (Lipinski definition) is 3. The van der Waals surface area contributed by atoms with Crippen LogP contribution in [0.1, 0.15) is 25.7 Å². The Labute approximate surface area is 79.5 Å². The third kappa shape index (κ3) is 1.92. The minimum Gasteiger partial charge on any atom is -0.311 e. The molecule has 0 aromatic rings. The fourth-order valence-corrected chi connectivity index (χ4v) is 2.67. The van der Waals surface area contributed by atoms with Crippen LogP contribution in [0.2, 0.25) is 0 Å². The molecule has 0 spiro atoms. The first-order valence-corrected chi connectivity index (χ1v) is 5.33. The molecule has 0 aromatic carbocycles. The second kappa shape index (κ2) is 4.20. The summed E-state index contributed by atoms with van der Waals surface area (Å²) in [6.45, 7) is 2.72.